The van der Waals surface area contributed by atoms with E-state index in [4.69, 9.17) is 11.6 Å². The molecule has 5 heteroatoms. The zero-order valence-electron chi connectivity index (χ0n) is 5.90. The third kappa shape index (κ3) is 1.88. The Bertz CT molecular complexity index is 272. The molecule has 1 rings (SSSR count). The van der Waals surface area contributed by atoms with E-state index in [1.165, 1.54) is 12.3 Å². The van der Waals surface area contributed by atoms with Gasteiger partial charge in [-0.1, -0.05) is 0 Å². The van der Waals surface area contributed by atoms with E-state index in [1.807, 2.05) is 0 Å². The second-order valence-corrected chi connectivity index (χ2v) is 2.40. The van der Waals surface area contributed by atoms with E-state index in [0.717, 1.165) is 6.07 Å². The van der Waals surface area contributed by atoms with Gasteiger partial charge in [-0.3, -0.25) is 4.98 Å². The minimum atomic E-state index is -4.36. The Morgan fingerprint density at radius 3 is 2.50 bits per heavy atom. The molecule has 1 aromatic heterocycles. The molecule has 1 aromatic rings. The first-order chi connectivity index (χ1) is 5.55. The molecule has 0 fully saturated rings. The van der Waals surface area contributed by atoms with E-state index in [-0.39, 0.29) is 11.6 Å². The highest BCUT2D eigenvalue weighted by molar-refractivity contribution is 6.17. The minimum absolute atomic E-state index is 0.133. The van der Waals surface area contributed by atoms with Crippen LogP contribution in [0, 0.1) is 0 Å². The molecular formula is C7H5ClF3N. The van der Waals surface area contributed by atoms with Crippen LogP contribution in [0.2, 0.25) is 0 Å². The largest absolute Gasteiger partial charge is 0.418 e. The first-order valence-electron chi connectivity index (χ1n) is 3.12. The number of pyridine rings is 1. The Balaban J connectivity index is 3.14. The first kappa shape index (κ1) is 9.32. The normalized spacial score (nSPS) is 11.7. The predicted octanol–water partition coefficient (Wildman–Crippen LogP) is 2.84. The summed E-state index contributed by atoms with van der Waals surface area (Å²) >= 11 is 5.28. The van der Waals surface area contributed by atoms with Crippen LogP contribution in [-0.2, 0) is 12.1 Å². The molecule has 0 N–H and O–H groups in total. The van der Waals surface area contributed by atoms with Crippen LogP contribution in [0.4, 0.5) is 13.2 Å². The van der Waals surface area contributed by atoms with Gasteiger partial charge in [0.05, 0.1) is 17.1 Å². The van der Waals surface area contributed by atoms with Crippen molar-refractivity contribution >= 4 is 11.6 Å². The molecule has 0 aliphatic rings. The third-order valence-electron chi connectivity index (χ3n) is 1.32. The van der Waals surface area contributed by atoms with Gasteiger partial charge in [-0.2, -0.15) is 13.2 Å². The zero-order valence-corrected chi connectivity index (χ0v) is 6.65. The number of hydrogen-bond acceptors (Lipinski definition) is 1. The maximum absolute atomic E-state index is 12.1. The fraction of sp³-hybridized carbons (Fsp3) is 0.286. The molecule has 1 heterocycles. The van der Waals surface area contributed by atoms with Gasteiger partial charge in [0.25, 0.3) is 0 Å². The van der Waals surface area contributed by atoms with Crippen LogP contribution in [0.5, 0.6) is 0 Å². The molecule has 0 aliphatic heterocycles. The fourth-order valence-corrected chi connectivity index (χ4v) is 1.02. The molecule has 0 bridgehead atoms. The molecule has 66 valence electrons. The molecule has 0 spiro atoms. The van der Waals surface area contributed by atoms with Gasteiger partial charge in [-0.15, -0.1) is 11.6 Å². The molecule has 0 aromatic carbocycles. The average molecular weight is 196 g/mol. The van der Waals surface area contributed by atoms with Crippen molar-refractivity contribution in [2.45, 2.75) is 12.1 Å². The van der Waals surface area contributed by atoms with Gasteiger partial charge in [0, 0.05) is 6.20 Å². The van der Waals surface area contributed by atoms with Crippen LogP contribution in [0.3, 0.4) is 0 Å². The summed E-state index contributed by atoms with van der Waals surface area (Å²) < 4.78 is 36.4. The summed E-state index contributed by atoms with van der Waals surface area (Å²) in [6.45, 7) is 0. The lowest BCUT2D eigenvalue weighted by Gasteiger charge is -2.08. The molecule has 12 heavy (non-hydrogen) atoms. The summed E-state index contributed by atoms with van der Waals surface area (Å²) in [6.07, 6.45) is -3.08. The lowest BCUT2D eigenvalue weighted by atomic mass is 10.2. The summed E-state index contributed by atoms with van der Waals surface area (Å²) in [5, 5.41) is 0. The molecular weight excluding hydrogens is 191 g/mol. The Morgan fingerprint density at radius 1 is 1.42 bits per heavy atom. The topological polar surface area (TPSA) is 12.9 Å². The van der Waals surface area contributed by atoms with Crippen molar-refractivity contribution in [3.8, 4) is 0 Å². The molecule has 0 atom stereocenters. The van der Waals surface area contributed by atoms with Crippen LogP contribution >= 0.6 is 11.6 Å². The first-order valence-corrected chi connectivity index (χ1v) is 3.66. The number of hydrogen-bond donors (Lipinski definition) is 0. The maximum atomic E-state index is 12.1. The van der Waals surface area contributed by atoms with E-state index in [2.05, 4.69) is 4.98 Å². The van der Waals surface area contributed by atoms with Crippen LogP contribution in [-0.4, -0.2) is 4.98 Å². The number of halogens is 4. The van der Waals surface area contributed by atoms with Crippen molar-refractivity contribution in [2.75, 3.05) is 0 Å². The smallest absolute Gasteiger partial charge is 0.259 e. The highest BCUT2D eigenvalue weighted by atomic mass is 35.5. The van der Waals surface area contributed by atoms with Crippen molar-refractivity contribution in [3.63, 3.8) is 0 Å². The molecule has 0 radical (unpaired) electrons. The van der Waals surface area contributed by atoms with E-state index in [1.54, 1.807) is 0 Å². The molecule has 0 saturated heterocycles. The Hall–Kier alpha value is -0.770. The van der Waals surface area contributed by atoms with Crippen LogP contribution < -0.4 is 0 Å². The average Bonchev–Trinajstić information content (AvgIpc) is 2.03. The lowest BCUT2D eigenvalue weighted by molar-refractivity contribution is -0.138. The van der Waals surface area contributed by atoms with Gasteiger partial charge in [-0.25, -0.2) is 0 Å². The van der Waals surface area contributed by atoms with Crippen LogP contribution in [0.15, 0.2) is 18.3 Å². The second-order valence-electron chi connectivity index (χ2n) is 2.13. The third-order valence-corrected chi connectivity index (χ3v) is 1.58. The van der Waals surface area contributed by atoms with Crippen LogP contribution in [0.1, 0.15) is 11.3 Å². The second kappa shape index (κ2) is 3.31. The van der Waals surface area contributed by atoms with E-state index in [0.29, 0.717) is 0 Å². The Labute approximate surface area is 72.2 Å². The van der Waals surface area contributed by atoms with Gasteiger partial charge in [-0.05, 0) is 12.1 Å². The number of rotatable bonds is 1. The van der Waals surface area contributed by atoms with Crippen molar-refractivity contribution in [2.24, 2.45) is 0 Å². The molecule has 0 saturated carbocycles. The quantitative estimate of drug-likeness (QED) is 0.628. The van der Waals surface area contributed by atoms with Crippen molar-refractivity contribution in [1.29, 1.82) is 0 Å². The number of nitrogens with zero attached hydrogens (tertiary/aromatic N) is 1. The lowest BCUT2D eigenvalue weighted by Crippen LogP contribution is -2.09. The maximum Gasteiger partial charge on any atom is 0.418 e. The number of alkyl halides is 4. The van der Waals surface area contributed by atoms with Gasteiger partial charge in [0.1, 0.15) is 0 Å². The van der Waals surface area contributed by atoms with Crippen LogP contribution in [0.25, 0.3) is 0 Å². The monoisotopic (exact) mass is 195 g/mol. The SMILES string of the molecule is FC(F)(F)c1cccnc1CCl. The molecule has 0 amide bonds. The summed E-state index contributed by atoms with van der Waals surface area (Å²) in [6, 6.07) is 2.20. The van der Waals surface area contributed by atoms with Gasteiger partial charge in [0.15, 0.2) is 0 Å². The van der Waals surface area contributed by atoms with Gasteiger partial charge < -0.3 is 0 Å². The summed E-state index contributed by atoms with van der Waals surface area (Å²) in [5.74, 6) is -0.227. The standard InChI is InChI=1S/C7H5ClF3N/c8-4-6-5(7(9,10)11)2-1-3-12-6/h1-3H,4H2. The fourth-order valence-electron chi connectivity index (χ4n) is 0.803. The summed E-state index contributed by atoms with van der Waals surface area (Å²) in [4.78, 5) is 3.51. The van der Waals surface area contributed by atoms with E-state index in [9.17, 15) is 13.2 Å². The highest BCUT2D eigenvalue weighted by Crippen LogP contribution is 2.31. The predicted molar refractivity (Wildman–Crippen MR) is 38.8 cm³/mol. The van der Waals surface area contributed by atoms with Crippen molar-refractivity contribution < 1.29 is 13.2 Å². The molecule has 0 unspecified atom stereocenters. The summed E-state index contributed by atoms with van der Waals surface area (Å²) in [5.41, 5.74) is -0.897. The van der Waals surface area contributed by atoms with Gasteiger partial charge >= 0.3 is 6.18 Å². The van der Waals surface area contributed by atoms with Crippen molar-refractivity contribution in [1.82, 2.24) is 4.98 Å². The highest BCUT2D eigenvalue weighted by Gasteiger charge is 2.33. The van der Waals surface area contributed by atoms with Gasteiger partial charge in [0.2, 0.25) is 0 Å². The summed E-state index contributed by atoms with van der Waals surface area (Å²) in [7, 11) is 0. The van der Waals surface area contributed by atoms with Crippen molar-refractivity contribution in [3.05, 3.63) is 29.6 Å². The zero-order chi connectivity index (χ0) is 9.19. The Morgan fingerprint density at radius 2 is 2.08 bits per heavy atom. The number of aromatic nitrogens is 1. The minimum Gasteiger partial charge on any atom is -0.259 e. The molecule has 1 nitrogen and oxygen atoms in total. The Kier molecular flexibility index (Phi) is 2.57. The molecule has 0 aliphatic carbocycles. The van der Waals surface area contributed by atoms with E-state index >= 15 is 0 Å². The van der Waals surface area contributed by atoms with E-state index < -0.39 is 11.7 Å².